The Kier molecular flexibility index (Phi) is 3.72. The summed E-state index contributed by atoms with van der Waals surface area (Å²) >= 11 is 1.19. The highest BCUT2D eigenvalue weighted by atomic mass is 32.1. The molecule has 0 fully saturated rings. The molecule has 90 valence electrons. The minimum atomic E-state index is -0.599. The van der Waals surface area contributed by atoms with Crippen molar-refractivity contribution < 1.29 is 8.78 Å². The second kappa shape index (κ2) is 5.26. The Balaban J connectivity index is 2.18. The van der Waals surface area contributed by atoms with Gasteiger partial charge in [0.25, 0.3) is 0 Å². The van der Waals surface area contributed by atoms with Crippen LogP contribution in [0.15, 0.2) is 24.4 Å². The highest BCUT2D eigenvalue weighted by Crippen LogP contribution is 2.20. The molecule has 1 atom stereocenters. The molecule has 1 aromatic carbocycles. The largest absolute Gasteiger partial charge is 0.271 e. The second-order valence-corrected chi connectivity index (χ2v) is 4.34. The molecule has 0 spiro atoms. The van der Waals surface area contributed by atoms with Crippen LogP contribution in [0.2, 0.25) is 0 Å². The maximum absolute atomic E-state index is 13.0. The van der Waals surface area contributed by atoms with Crippen LogP contribution in [-0.4, -0.2) is 9.59 Å². The lowest BCUT2D eigenvalue weighted by Crippen LogP contribution is -2.29. The Labute approximate surface area is 101 Å². The summed E-state index contributed by atoms with van der Waals surface area (Å²) < 4.78 is 29.7. The highest BCUT2D eigenvalue weighted by Gasteiger charge is 2.14. The van der Waals surface area contributed by atoms with Gasteiger partial charge in [-0.15, -0.1) is 5.10 Å². The van der Waals surface area contributed by atoms with Gasteiger partial charge in [-0.25, -0.2) is 8.78 Å². The first-order chi connectivity index (χ1) is 8.19. The van der Waals surface area contributed by atoms with Gasteiger partial charge in [0.2, 0.25) is 0 Å². The Morgan fingerprint density at radius 3 is 2.53 bits per heavy atom. The molecule has 0 bridgehead atoms. The van der Waals surface area contributed by atoms with Gasteiger partial charge >= 0.3 is 0 Å². The van der Waals surface area contributed by atoms with Gasteiger partial charge in [0, 0.05) is 6.07 Å². The first-order valence-corrected chi connectivity index (χ1v) is 5.64. The van der Waals surface area contributed by atoms with Gasteiger partial charge in [-0.1, -0.05) is 4.49 Å². The average molecular weight is 256 g/mol. The summed E-state index contributed by atoms with van der Waals surface area (Å²) in [4.78, 5) is 0.817. The van der Waals surface area contributed by atoms with E-state index in [1.165, 1.54) is 23.7 Å². The van der Waals surface area contributed by atoms with Crippen molar-refractivity contribution in [2.75, 3.05) is 0 Å². The number of rotatable bonds is 4. The summed E-state index contributed by atoms with van der Waals surface area (Å²) in [5.74, 6) is 4.20. The summed E-state index contributed by atoms with van der Waals surface area (Å²) in [6, 6.07) is 3.14. The van der Waals surface area contributed by atoms with Crippen LogP contribution in [0, 0.1) is 11.6 Å². The van der Waals surface area contributed by atoms with Crippen LogP contribution < -0.4 is 11.3 Å². The predicted molar refractivity (Wildman–Crippen MR) is 60.0 cm³/mol. The normalized spacial score (nSPS) is 12.6. The number of nitrogens with zero attached hydrogens (tertiary/aromatic N) is 2. The summed E-state index contributed by atoms with van der Waals surface area (Å²) in [5, 5.41) is 3.69. The lowest BCUT2D eigenvalue weighted by atomic mass is 10.1. The van der Waals surface area contributed by atoms with Gasteiger partial charge in [0.15, 0.2) is 0 Å². The minimum absolute atomic E-state index is 0.254. The third-order valence-electron chi connectivity index (χ3n) is 2.29. The number of hydrogen-bond acceptors (Lipinski definition) is 5. The van der Waals surface area contributed by atoms with Crippen LogP contribution in [0.5, 0.6) is 0 Å². The van der Waals surface area contributed by atoms with Crippen LogP contribution in [0.4, 0.5) is 8.78 Å². The Hall–Kier alpha value is -1.44. The summed E-state index contributed by atoms with van der Waals surface area (Å²) in [7, 11) is 0. The Morgan fingerprint density at radius 1 is 1.29 bits per heavy atom. The third-order valence-corrected chi connectivity index (χ3v) is 3.06. The molecule has 4 nitrogen and oxygen atoms in total. The summed E-state index contributed by atoms with van der Waals surface area (Å²) in [5.41, 5.74) is 3.10. The Morgan fingerprint density at radius 2 is 2.00 bits per heavy atom. The molecule has 17 heavy (non-hydrogen) atoms. The van der Waals surface area contributed by atoms with Crippen molar-refractivity contribution in [3.8, 4) is 0 Å². The summed E-state index contributed by atoms with van der Waals surface area (Å²) in [6.07, 6.45) is 1.94. The first-order valence-electron chi connectivity index (χ1n) is 4.87. The van der Waals surface area contributed by atoms with Crippen molar-refractivity contribution in [2.24, 2.45) is 5.84 Å². The van der Waals surface area contributed by atoms with Gasteiger partial charge in [0.1, 0.15) is 11.6 Å². The van der Waals surface area contributed by atoms with E-state index in [0.717, 1.165) is 10.9 Å². The van der Waals surface area contributed by atoms with Gasteiger partial charge in [-0.2, -0.15) is 0 Å². The summed E-state index contributed by atoms with van der Waals surface area (Å²) in [6.45, 7) is 0. The number of halogens is 2. The standard InChI is InChI=1S/C10H10F2N4S/c11-7-1-6(2-8(12)4-7)3-9(15-13)10-5-14-16-17-10/h1-2,4-5,9,15H,3,13H2. The lowest BCUT2D eigenvalue weighted by Gasteiger charge is -2.13. The van der Waals surface area contributed by atoms with Gasteiger partial charge in [-0.05, 0) is 35.6 Å². The van der Waals surface area contributed by atoms with E-state index < -0.39 is 11.6 Å². The monoisotopic (exact) mass is 256 g/mol. The number of nitrogens with one attached hydrogen (secondary N) is 1. The van der Waals surface area contributed by atoms with Crippen LogP contribution in [0.1, 0.15) is 16.5 Å². The van der Waals surface area contributed by atoms with Crippen LogP contribution in [0.3, 0.4) is 0 Å². The van der Waals surface area contributed by atoms with Crippen molar-refractivity contribution >= 4 is 11.5 Å². The molecule has 3 N–H and O–H groups in total. The zero-order valence-electron chi connectivity index (χ0n) is 8.73. The van der Waals surface area contributed by atoms with E-state index in [2.05, 4.69) is 15.0 Å². The van der Waals surface area contributed by atoms with Gasteiger partial charge in [0.05, 0.1) is 17.1 Å². The molecule has 0 amide bonds. The molecular formula is C10H10F2N4S. The number of nitrogens with two attached hydrogens (primary N) is 1. The molecule has 0 aliphatic carbocycles. The molecule has 0 radical (unpaired) electrons. The number of hydrazine groups is 1. The molecule has 2 aromatic rings. The van der Waals surface area contributed by atoms with Crippen molar-refractivity contribution in [2.45, 2.75) is 12.5 Å². The van der Waals surface area contributed by atoms with E-state index in [1.54, 1.807) is 6.20 Å². The smallest absolute Gasteiger partial charge is 0.126 e. The zero-order chi connectivity index (χ0) is 12.3. The SMILES string of the molecule is NNC(Cc1cc(F)cc(F)c1)c1cnns1. The number of hydrogen-bond donors (Lipinski definition) is 2. The molecule has 1 heterocycles. The van der Waals surface area contributed by atoms with Crippen molar-refractivity contribution in [3.63, 3.8) is 0 Å². The quantitative estimate of drug-likeness (QED) is 0.643. The van der Waals surface area contributed by atoms with Crippen molar-refractivity contribution in [1.29, 1.82) is 0 Å². The first kappa shape index (κ1) is 12.0. The third kappa shape index (κ3) is 3.02. The van der Waals surface area contributed by atoms with E-state index in [4.69, 9.17) is 5.84 Å². The molecule has 1 aromatic heterocycles. The van der Waals surface area contributed by atoms with Crippen molar-refractivity contribution in [1.82, 2.24) is 15.0 Å². The molecule has 0 aliphatic heterocycles. The minimum Gasteiger partial charge on any atom is -0.271 e. The van der Waals surface area contributed by atoms with E-state index in [9.17, 15) is 8.78 Å². The maximum atomic E-state index is 13.0. The molecule has 7 heteroatoms. The predicted octanol–water partition coefficient (Wildman–Crippen LogP) is 1.56. The maximum Gasteiger partial charge on any atom is 0.126 e. The molecular weight excluding hydrogens is 246 g/mol. The fourth-order valence-corrected chi connectivity index (χ4v) is 2.10. The second-order valence-electron chi connectivity index (χ2n) is 3.52. The van der Waals surface area contributed by atoms with E-state index in [-0.39, 0.29) is 6.04 Å². The van der Waals surface area contributed by atoms with E-state index in [0.29, 0.717) is 12.0 Å². The fraction of sp³-hybridized carbons (Fsp3) is 0.200. The fourth-order valence-electron chi connectivity index (χ4n) is 1.53. The molecule has 0 saturated heterocycles. The van der Waals surface area contributed by atoms with Gasteiger partial charge in [-0.3, -0.25) is 11.3 Å². The van der Waals surface area contributed by atoms with E-state index >= 15 is 0 Å². The number of aromatic nitrogens is 2. The molecule has 1 unspecified atom stereocenters. The molecule has 0 saturated carbocycles. The van der Waals surface area contributed by atoms with E-state index in [1.807, 2.05) is 0 Å². The molecule has 0 aliphatic rings. The van der Waals surface area contributed by atoms with Gasteiger partial charge < -0.3 is 0 Å². The van der Waals surface area contributed by atoms with Crippen LogP contribution >= 0.6 is 11.5 Å². The average Bonchev–Trinajstić information content (AvgIpc) is 2.77. The lowest BCUT2D eigenvalue weighted by molar-refractivity contribution is 0.546. The Bertz CT molecular complexity index is 469. The van der Waals surface area contributed by atoms with Crippen LogP contribution in [0.25, 0.3) is 0 Å². The highest BCUT2D eigenvalue weighted by molar-refractivity contribution is 7.05. The molecule has 2 rings (SSSR count). The van der Waals surface area contributed by atoms with Crippen molar-refractivity contribution in [3.05, 3.63) is 46.5 Å². The van der Waals surface area contributed by atoms with Crippen LogP contribution in [-0.2, 0) is 6.42 Å². The topological polar surface area (TPSA) is 63.8 Å². The zero-order valence-corrected chi connectivity index (χ0v) is 9.55. The number of benzene rings is 1.